The van der Waals surface area contributed by atoms with Gasteiger partial charge in [0.25, 0.3) is 0 Å². The molecule has 0 spiro atoms. The van der Waals surface area contributed by atoms with E-state index in [0.717, 1.165) is 11.3 Å². The zero-order chi connectivity index (χ0) is 19.3. The summed E-state index contributed by atoms with van der Waals surface area (Å²) in [6, 6.07) is 8.58. The van der Waals surface area contributed by atoms with E-state index in [1.807, 2.05) is 4.90 Å². The summed E-state index contributed by atoms with van der Waals surface area (Å²) in [5.74, 6) is 0.0147. The standard InChI is InChI=1S/C19H18N4O4S/c24-15(12-23-7-10-26-11-8-23)21-19-22-16(14-5-3-9-27-14)18(28-19)17(25)13-4-1-2-6-20-13/h1-6,9H,7-8,10-12H2,(H,21,22,24). The van der Waals surface area contributed by atoms with E-state index in [1.54, 1.807) is 36.5 Å². The highest BCUT2D eigenvalue weighted by Crippen LogP contribution is 2.33. The minimum absolute atomic E-state index is 0.182. The minimum Gasteiger partial charge on any atom is -0.463 e. The molecule has 1 N–H and O–H groups in total. The maximum absolute atomic E-state index is 12.9. The lowest BCUT2D eigenvalue weighted by Gasteiger charge is -2.25. The highest BCUT2D eigenvalue weighted by Gasteiger charge is 2.24. The number of carbonyl (C=O) groups excluding carboxylic acids is 2. The normalized spacial score (nSPS) is 14.7. The van der Waals surface area contributed by atoms with Gasteiger partial charge in [0.15, 0.2) is 10.9 Å². The molecule has 0 atom stereocenters. The molecule has 1 amide bonds. The van der Waals surface area contributed by atoms with Gasteiger partial charge >= 0.3 is 0 Å². The number of morpholine rings is 1. The molecule has 0 aromatic carbocycles. The van der Waals surface area contributed by atoms with Crippen LogP contribution in [0, 0.1) is 0 Å². The summed E-state index contributed by atoms with van der Waals surface area (Å²) in [5.41, 5.74) is 0.706. The SMILES string of the molecule is O=C(CN1CCOCC1)Nc1nc(-c2ccco2)c(C(=O)c2ccccn2)s1. The van der Waals surface area contributed by atoms with Gasteiger partial charge < -0.3 is 14.5 Å². The smallest absolute Gasteiger partial charge is 0.240 e. The summed E-state index contributed by atoms with van der Waals surface area (Å²) in [6.07, 6.45) is 3.08. The van der Waals surface area contributed by atoms with Gasteiger partial charge in [-0.2, -0.15) is 0 Å². The van der Waals surface area contributed by atoms with E-state index < -0.39 is 0 Å². The first-order valence-corrected chi connectivity index (χ1v) is 9.63. The second kappa shape index (κ2) is 8.42. The second-order valence-electron chi connectivity index (χ2n) is 6.15. The fraction of sp³-hybridized carbons (Fsp3) is 0.263. The van der Waals surface area contributed by atoms with Gasteiger partial charge in [-0.1, -0.05) is 17.4 Å². The molecule has 3 aromatic rings. The Morgan fingerprint density at radius 1 is 1.18 bits per heavy atom. The molecule has 144 valence electrons. The monoisotopic (exact) mass is 398 g/mol. The number of hydrogen-bond acceptors (Lipinski definition) is 8. The van der Waals surface area contributed by atoms with Crippen molar-refractivity contribution < 1.29 is 18.7 Å². The van der Waals surface area contributed by atoms with Crippen molar-refractivity contribution in [2.45, 2.75) is 0 Å². The summed E-state index contributed by atoms with van der Waals surface area (Å²) in [6.45, 7) is 2.92. The van der Waals surface area contributed by atoms with Crippen LogP contribution in [0.5, 0.6) is 0 Å². The van der Waals surface area contributed by atoms with Crippen molar-refractivity contribution >= 4 is 28.2 Å². The van der Waals surface area contributed by atoms with Crippen LogP contribution >= 0.6 is 11.3 Å². The summed E-state index contributed by atoms with van der Waals surface area (Å²) < 4.78 is 10.7. The van der Waals surface area contributed by atoms with Crippen molar-refractivity contribution in [2.75, 3.05) is 38.2 Å². The summed E-state index contributed by atoms with van der Waals surface area (Å²) in [7, 11) is 0. The first kappa shape index (κ1) is 18.5. The molecule has 9 heteroatoms. The van der Waals surface area contributed by atoms with Crippen molar-refractivity contribution in [3.8, 4) is 11.5 Å². The zero-order valence-electron chi connectivity index (χ0n) is 15.0. The van der Waals surface area contributed by atoms with Crippen molar-refractivity contribution in [1.29, 1.82) is 0 Å². The molecule has 0 bridgehead atoms. The highest BCUT2D eigenvalue weighted by atomic mass is 32.1. The minimum atomic E-state index is -0.266. The third-order valence-corrected chi connectivity index (χ3v) is 5.17. The molecule has 1 fully saturated rings. The molecule has 8 nitrogen and oxygen atoms in total. The largest absolute Gasteiger partial charge is 0.463 e. The van der Waals surface area contributed by atoms with Crippen molar-refractivity contribution in [3.63, 3.8) is 0 Å². The highest BCUT2D eigenvalue weighted by molar-refractivity contribution is 7.18. The van der Waals surface area contributed by atoms with E-state index in [9.17, 15) is 9.59 Å². The lowest BCUT2D eigenvalue weighted by Crippen LogP contribution is -2.41. The number of hydrogen-bond donors (Lipinski definition) is 1. The Morgan fingerprint density at radius 2 is 2.04 bits per heavy atom. The van der Waals surface area contributed by atoms with Crippen molar-refractivity contribution in [3.05, 3.63) is 53.4 Å². The van der Waals surface area contributed by atoms with Crippen LogP contribution in [0.25, 0.3) is 11.5 Å². The van der Waals surface area contributed by atoms with Crippen LogP contribution in [0.15, 0.2) is 47.2 Å². The Kier molecular flexibility index (Phi) is 5.56. The number of nitrogens with zero attached hydrogens (tertiary/aromatic N) is 3. The number of nitrogens with one attached hydrogen (secondary N) is 1. The quantitative estimate of drug-likeness (QED) is 0.636. The number of thiazole rings is 1. The Bertz CT molecular complexity index is 950. The molecular weight excluding hydrogens is 380 g/mol. The Labute approximate surface area is 165 Å². The van der Waals surface area contributed by atoms with Crippen LogP contribution in [0.4, 0.5) is 5.13 Å². The van der Waals surface area contributed by atoms with Crippen LogP contribution in [0.2, 0.25) is 0 Å². The fourth-order valence-corrected chi connectivity index (χ4v) is 3.78. The fourth-order valence-electron chi connectivity index (χ4n) is 2.84. The van der Waals surface area contributed by atoms with Crippen LogP contribution in [0.1, 0.15) is 15.4 Å². The Hall–Kier alpha value is -2.88. The van der Waals surface area contributed by atoms with E-state index in [4.69, 9.17) is 9.15 Å². The molecule has 0 aliphatic carbocycles. The van der Waals surface area contributed by atoms with E-state index in [0.29, 0.717) is 53.5 Å². The van der Waals surface area contributed by atoms with Gasteiger partial charge in [-0.05, 0) is 24.3 Å². The first-order chi connectivity index (χ1) is 13.7. The molecule has 1 saturated heterocycles. The lowest BCUT2D eigenvalue weighted by atomic mass is 10.1. The van der Waals surface area contributed by atoms with Crippen LogP contribution in [-0.4, -0.2) is 59.4 Å². The number of furan rings is 1. The summed E-state index contributed by atoms with van der Waals surface area (Å²) in [4.78, 5) is 36.2. The van der Waals surface area contributed by atoms with Gasteiger partial charge in [-0.15, -0.1) is 0 Å². The predicted molar refractivity (Wildman–Crippen MR) is 103 cm³/mol. The predicted octanol–water partition coefficient (Wildman–Crippen LogP) is 2.30. The number of pyridine rings is 1. The van der Waals surface area contributed by atoms with Crippen molar-refractivity contribution in [1.82, 2.24) is 14.9 Å². The van der Waals surface area contributed by atoms with Crippen LogP contribution < -0.4 is 5.32 Å². The maximum atomic E-state index is 12.9. The average Bonchev–Trinajstić information content (AvgIpc) is 3.38. The number of ketones is 1. The molecular formula is C19H18N4O4S. The van der Waals surface area contributed by atoms with E-state index in [-0.39, 0.29) is 18.2 Å². The van der Waals surface area contributed by atoms with E-state index in [2.05, 4.69) is 15.3 Å². The number of anilines is 1. The number of ether oxygens (including phenoxy) is 1. The van der Waals surface area contributed by atoms with Crippen LogP contribution in [0.3, 0.4) is 0 Å². The Morgan fingerprint density at radius 3 is 2.75 bits per heavy atom. The third kappa shape index (κ3) is 4.16. The van der Waals surface area contributed by atoms with Gasteiger partial charge in [0, 0.05) is 19.3 Å². The number of aromatic nitrogens is 2. The summed E-state index contributed by atoms with van der Waals surface area (Å²) >= 11 is 1.12. The lowest BCUT2D eigenvalue weighted by molar-refractivity contribution is -0.118. The van der Waals surface area contributed by atoms with Gasteiger partial charge in [0.2, 0.25) is 11.7 Å². The van der Waals surface area contributed by atoms with Crippen LogP contribution in [-0.2, 0) is 9.53 Å². The second-order valence-corrected chi connectivity index (χ2v) is 7.15. The third-order valence-electron chi connectivity index (χ3n) is 4.20. The number of carbonyl (C=O) groups is 2. The zero-order valence-corrected chi connectivity index (χ0v) is 15.8. The molecule has 0 saturated carbocycles. The Balaban J connectivity index is 1.57. The van der Waals surface area contributed by atoms with Gasteiger partial charge in [0.05, 0.1) is 26.0 Å². The summed E-state index contributed by atoms with van der Waals surface area (Å²) in [5, 5.41) is 3.14. The van der Waals surface area contributed by atoms with Gasteiger partial charge in [0.1, 0.15) is 16.3 Å². The van der Waals surface area contributed by atoms with Gasteiger partial charge in [-0.3, -0.25) is 19.5 Å². The topological polar surface area (TPSA) is 97.6 Å². The molecule has 3 aromatic heterocycles. The van der Waals surface area contributed by atoms with Gasteiger partial charge in [-0.25, -0.2) is 4.98 Å². The maximum Gasteiger partial charge on any atom is 0.240 e. The molecule has 0 radical (unpaired) electrons. The molecule has 28 heavy (non-hydrogen) atoms. The molecule has 1 aliphatic heterocycles. The van der Waals surface area contributed by atoms with E-state index >= 15 is 0 Å². The molecule has 1 aliphatic rings. The number of amides is 1. The number of rotatable bonds is 6. The first-order valence-electron chi connectivity index (χ1n) is 8.81. The van der Waals surface area contributed by atoms with E-state index in [1.165, 1.54) is 6.26 Å². The molecule has 4 rings (SSSR count). The molecule has 0 unspecified atom stereocenters. The average molecular weight is 398 g/mol. The molecule has 4 heterocycles. The van der Waals surface area contributed by atoms with Crippen molar-refractivity contribution in [2.24, 2.45) is 0 Å².